The van der Waals surface area contributed by atoms with Crippen LogP contribution in [0.1, 0.15) is 55.5 Å². The van der Waals surface area contributed by atoms with Crippen molar-refractivity contribution in [2.45, 2.75) is 52.1 Å². The summed E-state index contributed by atoms with van der Waals surface area (Å²) in [6, 6.07) is 8.13. The van der Waals surface area contributed by atoms with Crippen LogP contribution < -0.4 is 16.0 Å². The second-order valence-corrected chi connectivity index (χ2v) is 6.58. The summed E-state index contributed by atoms with van der Waals surface area (Å²) in [6.07, 6.45) is 4.98. The molecule has 24 heavy (non-hydrogen) atoms. The van der Waals surface area contributed by atoms with E-state index in [4.69, 9.17) is 0 Å². The lowest BCUT2D eigenvalue weighted by molar-refractivity contribution is 0.0963. The first-order valence-electron chi connectivity index (χ1n) is 8.98. The minimum absolute atomic E-state index is 0.0674. The number of benzene rings is 1. The van der Waals surface area contributed by atoms with Gasteiger partial charge in [-0.05, 0) is 56.2 Å². The lowest BCUT2D eigenvalue weighted by Gasteiger charge is -2.28. The second kappa shape index (κ2) is 9.30. The predicted octanol–water partition coefficient (Wildman–Crippen LogP) is 2.68. The molecule has 0 aliphatic heterocycles. The molecule has 5 heteroatoms. The van der Waals surface area contributed by atoms with Gasteiger partial charge in [0.1, 0.15) is 0 Å². The zero-order valence-electron chi connectivity index (χ0n) is 15.1. The van der Waals surface area contributed by atoms with E-state index >= 15 is 0 Å². The van der Waals surface area contributed by atoms with Gasteiger partial charge in [0.2, 0.25) is 0 Å². The van der Waals surface area contributed by atoms with E-state index in [0.29, 0.717) is 18.2 Å². The number of aliphatic imine (C=N–C) groups is 1. The number of amides is 1. The predicted molar refractivity (Wildman–Crippen MR) is 99.2 cm³/mol. The van der Waals surface area contributed by atoms with E-state index < -0.39 is 0 Å². The van der Waals surface area contributed by atoms with Crippen LogP contribution in [0.3, 0.4) is 0 Å². The van der Waals surface area contributed by atoms with Gasteiger partial charge >= 0.3 is 0 Å². The Morgan fingerprint density at radius 3 is 2.67 bits per heavy atom. The second-order valence-electron chi connectivity index (χ2n) is 6.58. The molecule has 0 unspecified atom stereocenters. The van der Waals surface area contributed by atoms with E-state index in [2.05, 4.69) is 34.8 Å². The van der Waals surface area contributed by atoms with Crippen molar-refractivity contribution < 1.29 is 4.79 Å². The van der Waals surface area contributed by atoms with Crippen molar-refractivity contribution in [1.29, 1.82) is 0 Å². The zero-order chi connectivity index (χ0) is 17.4. The fourth-order valence-corrected chi connectivity index (χ4v) is 3.04. The summed E-state index contributed by atoms with van der Waals surface area (Å²) in [7, 11) is 1.64. The molecule has 0 atom stereocenters. The normalized spacial score (nSPS) is 21.2. The van der Waals surface area contributed by atoms with Crippen molar-refractivity contribution in [2.24, 2.45) is 10.9 Å². The molecule has 0 spiro atoms. The largest absolute Gasteiger partial charge is 0.357 e. The molecule has 1 amide bonds. The number of rotatable bonds is 5. The van der Waals surface area contributed by atoms with Crippen LogP contribution in [0, 0.1) is 5.92 Å². The Kier molecular flexibility index (Phi) is 7.09. The highest BCUT2D eigenvalue weighted by atomic mass is 16.1. The number of hydrogen-bond acceptors (Lipinski definition) is 2. The fraction of sp³-hybridized carbons (Fsp3) is 0.579. The standard InChI is InChI=1S/C19H30N4O/c1-4-21-19(23-17-10-8-14(2)9-11-17)22-13-15-6-5-7-16(12-15)18(24)20-3/h5-7,12,14,17H,4,8-11,13H2,1-3H3,(H,20,24)(H2,21,22,23). The van der Waals surface area contributed by atoms with Gasteiger partial charge in [0.15, 0.2) is 5.96 Å². The van der Waals surface area contributed by atoms with Crippen LogP contribution in [0.5, 0.6) is 0 Å². The molecular formula is C19H30N4O. The third-order valence-corrected chi connectivity index (χ3v) is 4.54. The van der Waals surface area contributed by atoms with Crippen LogP contribution in [0.2, 0.25) is 0 Å². The minimum Gasteiger partial charge on any atom is -0.357 e. The van der Waals surface area contributed by atoms with Gasteiger partial charge < -0.3 is 16.0 Å². The van der Waals surface area contributed by atoms with Crippen molar-refractivity contribution >= 4 is 11.9 Å². The summed E-state index contributed by atoms with van der Waals surface area (Å²) in [4.78, 5) is 16.4. The molecule has 0 heterocycles. The summed E-state index contributed by atoms with van der Waals surface area (Å²) in [5.74, 6) is 1.64. The first kappa shape index (κ1) is 18.3. The first-order chi connectivity index (χ1) is 11.6. The van der Waals surface area contributed by atoms with E-state index in [-0.39, 0.29) is 5.91 Å². The molecular weight excluding hydrogens is 300 g/mol. The van der Waals surface area contributed by atoms with Crippen LogP contribution in [0.15, 0.2) is 29.3 Å². The quantitative estimate of drug-likeness (QED) is 0.574. The Balaban J connectivity index is 1.98. The summed E-state index contributed by atoms with van der Waals surface area (Å²) < 4.78 is 0. The molecule has 1 aliphatic rings. The molecule has 1 aromatic rings. The van der Waals surface area contributed by atoms with Gasteiger partial charge in [0.25, 0.3) is 5.91 Å². The molecule has 1 saturated carbocycles. The zero-order valence-corrected chi connectivity index (χ0v) is 15.1. The van der Waals surface area contributed by atoms with Crippen LogP contribution in [-0.2, 0) is 6.54 Å². The smallest absolute Gasteiger partial charge is 0.251 e. The van der Waals surface area contributed by atoms with Gasteiger partial charge in [-0.1, -0.05) is 19.1 Å². The van der Waals surface area contributed by atoms with Crippen LogP contribution in [-0.4, -0.2) is 31.5 Å². The van der Waals surface area contributed by atoms with Crippen molar-refractivity contribution in [3.63, 3.8) is 0 Å². The topological polar surface area (TPSA) is 65.5 Å². The Morgan fingerprint density at radius 2 is 2.00 bits per heavy atom. The molecule has 0 aromatic heterocycles. The number of nitrogens with zero attached hydrogens (tertiary/aromatic N) is 1. The van der Waals surface area contributed by atoms with Crippen LogP contribution in [0.25, 0.3) is 0 Å². The third-order valence-electron chi connectivity index (χ3n) is 4.54. The van der Waals surface area contributed by atoms with Gasteiger partial charge in [0.05, 0.1) is 6.54 Å². The van der Waals surface area contributed by atoms with Crippen LogP contribution >= 0.6 is 0 Å². The van der Waals surface area contributed by atoms with E-state index in [1.165, 1.54) is 25.7 Å². The van der Waals surface area contributed by atoms with Crippen molar-refractivity contribution in [3.8, 4) is 0 Å². The van der Waals surface area contributed by atoms with E-state index in [1.54, 1.807) is 7.05 Å². The van der Waals surface area contributed by atoms with Gasteiger partial charge in [-0.3, -0.25) is 4.79 Å². The minimum atomic E-state index is -0.0674. The van der Waals surface area contributed by atoms with Gasteiger partial charge in [-0.25, -0.2) is 4.99 Å². The monoisotopic (exact) mass is 330 g/mol. The lowest BCUT2D eigenvalue weighted by atomic mass is 9.87. The Hall–Kier alpha value is -2.04. The number of nitrogens with one attached hydrogen (secondary N) is 3. The maximum atomic E-state index is 11.7. The van der Waals surface area contributed by atoms with Gasteiger partial charge in [-0.15, -0.1) is 0 Å². The molecule has 2 rings (SSSR count). The molecule has 1 fully saturated rings. The first-order valence-corrected chi connectivity index (χ1v) is 8.98. The molecule has 0 radical (unpaired) electrons. The van der Waals surface area contributed by atoms with Gasteiger partial charge in [0, 0.05) is 25.2 Å². The highest BCUT2D eigenvalue weighted by molar-refractivity contribution is 5.94. The highest BCUT2D eigenvalue weighted by Crippen LogP contribution is 2.23. The average molecular weight is 330 g/mol. The SMILES string of the molecule is CCNC(=NCc1cccc(C(=O)NC)c1)NC1CCC(C)CC1. The molecule has 132 valence electrons. The third kappa shape index (κ3) is 5.55. The average Bonchev–Trinajstić information content (AvgIpc) is 2.61. The molecule has 0 bridgehead atoms. The lowest BCUT2D eigenvalue weighted by Crippen LogP contribution is -2.44. The molecule has 5 nitrogen and oxygen atoms in total. The van der Waals surface area contributed by atoms with E-state index in [0.717, 1.165) is 24.0 Å². The Bertz CT molecular complexity index is 562. The molecule has 1 aromatic carbocycles. The van der Waals surface area contributed by atoms with Crippen molar-refractivity contribution in [3.05, 3.63) is 35.4 Å². The molecule has 1 aliphatic carbocycles. The number of hydrogen-bond donors (Lipinski definition) is 3. The maximum absolute atomic E-state index is 11.7. The summed E-state index contributed by atoms with van der Waals surface area (Å²) in [6.45, 7) is 5.80. The number of guanidine groups is 1. The van der Waals surface area contributed by atoms with Gasteiger partial charge in [-0.2, -0.15) is 0 Å². The Morgan fingerprint density at radius 1 is 1.25 bits per heavy atom. The van der Waals surface area contributed by atoms with E-state index in [9.17, 15) is 4.79 Å². The van der Waals surface area contributed by atoms with Crippen LogP contribution in [0.4, 0.5) is 0 Å². The van der Waals surface area contributed by atoms with Crippen molar-refractivity contribution in [2.75, 3.05) is 13.6 Å². The fourth-order valence-electron chi connectivity index (χ4n) is 3.04. The number of carbonyl (C=O) groups is 1. The van der Waals surface area contributed by atoms with Crippen molar-refractivity contribution in [1.82, 2.24) is 16.0 Å². The van der Waals surface area contributed by atoms with E-state index in [1.807, 2.05) is 24.3 Å². The molecule has 0 saturated heterocycles. The maximum Gasteiger partial charge on any atom is 0.251 e. The summed E-state index contributed by atoms with van der Waals surface area (Å²) in [5.41, 5.74) is 1.70. The molecule has 3 N–H and O–H groups in total. The summed E-state index contributed by atoms with van der Waals surface area (Å²) in [5, 5.41) is 9.53. The highest BCUT2D eigenvalue weighted by Gasteiger charge is 2.18. The number of carbonyl (C=O) groups excluding carboxylic acids is 1. The Labute approximate surface area is 145 Å². The summed E-state index contributed by atoms with van der Waals surface area (Å²) >= 11 is 0.